The summed E-state index contributed by atoms with van der Waals surface area (Å²) in [6, 6.07) is 6.10. The van der Waals surface area contributed by atoms with Gasteiger partial charge in [0.25, 0.3) is 0 Å². The van der Waals surface area contributed by atoms with Crippen LogP contribution in [0.25, 0.3) is 0 Å². The van der Waals surface area contributed by atoms with Crippen molar-refractivity contribution < 1.29 is 19.4 Å². The molecule has 1 aromatic rings. The highest BCUT2D eigenvalue weighted by molar-refractivity contribution is 8.00. The molecule has 0 saturated heterocycles. The second kappa shape index (κ2) is 8.04. The summed E-state index contributed by atoms with van der Waals surface area (Å²) in [5, 5.41) is 11.9. The van der Waals surface area contributed by atoms with Crippen molar-refractivity contribution in [1.82, 2.24) is 5.32 Å². The molecule has 1 aromatic carbocycles. The van der Waals surface area contributed by atoms with E-state index in [1.54, 1.807) is 18.2 Å². The van der Waals surface area contributed by atoms with Crippen LogP contribution in [0.4, 0.5) is 0 Å². The molecule has 1 amide bonds. The first kappa shape index (κ1) is 15.8. The Labute approximate surface area is 120 Å². The van der Waals surface area contributed by atoms with Gasteiger partial charge in [-0.1, -0.05) is 23.7 Å². The Hall–Kier alpha value is -1.24. The van der Waals surface area contributed by atoms with Crippen molar-refractivity contribution in [2.75, 3.05) is 19.5 Å². The maximum absolute atomic E-state index is 11.6. The molecule has 0 bridgehead atoms. The smallest absolute Gasteiger partial charge is 0.330 e. The number of thioether (sulfide) groups is 1. The molecule has 0 aliphatic heterocycles. The van der Waals surface area contributed by atoms with Crippen LogP contribution in [-0.4, -0.2) is 42.5 Å². The van der Waals surface area contributed by atoms with Crippen LogP contribution in [0.1, 0.15) is 0 Å². The van der Waals surface area contributed by atoms with Gasteiger partial charge >= 0.3 is 5.97 Å². The van der Waals surface area contributed by atoms with Crippen molar-refractivity contribution >= 4 is 35.2 Å². The van der Waals surface area contributed by atoms with Crippen LogP contribution in [0.2, 0.25) is 5.02 Å². The van der Waals surface area contributed by atoms with Gasteiger partial charge in [0, 0.05) is 4.90 Å². The summed E-state index contributed by atoms with van der Waals surface area (Å²) < 4.78 is 4.44. The Morgan fingerprint density at radius 1 is 1.47 bits per heavy atom. The third-order valence-electron chi connectivity index (χ3n) is 2.20. The van der Waals surface area contributed by atoms with Gasteiger partial charge in [-0.2, -0.15) is 0 Å². The summed E-state index contributed by atoms with van der Waals surface area (Å²) in [5.41, 5.74) is 0. The first-order valence-electron chi connectivity index (χ1n) is 5.44. The van der Waals surface area contributed by atoms with Crippen molar-refractivity contribution in [1.29, 1.82) is 0 Å². The standard InChI is InChI=1S/C12H14ClNO4S/c1-18-12(17)9(6-15)14-11(16)7-19-10-5-3-2-4-8(10)13/h2-5,9,15H,6-7H2,1H3,(H,14,16). The molecular formula is C12H14ClNO4S. The van der Waals surface area contributed by atoms with Gasteiger partial charge in [-0.15, -0.1) is 11.8 Å². The van der Waals surface area contributed by atoms with E-state index >= 15 is 0 Å². The number of rotatable bonds is 6. The molecule has 0 aromatic heterocycles. The van der Waals surface area contributed by atoms with Crippen molar-refractivity contribution in [2.24, 2.45) is 0 Å². The molecule has 19 heavy (non-hydrogen) atoms. The van der Waals surface area contributed by atoms with Gasteiger partial charge in [0.05, 0.1) is 24.5 Å². The van der Waals surface area contributed by atoms with Gasteiger partial charge < -0.3 is 15.2 Å². The van der Waals surface area contributed by atoms with Crippen LogP contribution in [0.3, 0.4) is 0 Å². The first-order valence-corrected chi connectivity index (χ1v) is 6.80. The number of hydrogen-bond acceptors (Lipinski definition) is 5. The lowest BCUT2D eigenvalue weighted by atomic mass is 10.3. The van der Waals surface area contributed by atoms with Gasteiger partial charge in [0.2, 0.25) is 5.91 Å². The van der Waals surface area contributed by atoms with E-state index in [9.17, 15) is 9.59 Å². The molecule has 104 valence electrons. The van der Waals surface area contributed by atoms with E-state index in [1.807, 2.05) is 6.07 Å². The third kappa shape index (κ3) is 5.10. The molecule has 0 radical (unpaired) electrons. The molecular weight excluding hydrogens is 290 g/mol. The number of ether oxygens (including phenoxy) is 1. The number of carbonyl (C=O) groups excluding carboxylic acids is 2. The summed E-state index contributed by atoms with van der Waals surface area (Å²) >= 11 is 7.20. The summed E-state index contributed by atoms with van der Waals surface area (Å²) in [6.07, 6.45) is 0. The number of amides is 1. The quantitative estimate of drug-likeness (QED) is 0.607. The summed E-state index contributed by atoms with van der Waals surface area (Å²) in [5.74, 6) is -0.968. The molecule has 0 heterocycles. The minimum Gasteiger partial charge on any atom is -0.467 e. The number of carbonyl (C=O) groups is 2. The third-order valence-corrected chi connectivity index (χ3v) is 3.71. The van der Waals surface area contributed by atoms with E-state index in [2.05, 4.69) is 10.1 Å². The minimum absolute atomic E-state index is 0.0945. The number of aliphatic hydroxyl groups is 1. The van der Waals surface area contributed by atoms with Crippen LogP contribution < -0.4 is 5.32 Å². The number of aliphatic hydroxyl groups excluding tert-OH is 1. The molecule has 1 unspecified atom stereocenters. The molecule has 0 aliphatic carbocycles. The Bertz CT molecular complexity index is 455. The van der Waals surface area contributed by atoms with Crippen molar-refractivity contribution in [2.45, 2.75) is 10.9 Å². The van der Waals surface area contributed by atoms with E-state index in [0.717, 1.165) is 4.90 Å². The van der Waals surface area contributed by atoms with Gasteiger partial charge in [-0.3, -0.25) is 4.79 Å². The van der Waals surface area contributed by atoms with Crippen LogP contribution in [0.5, 0.6) is 0 Å². The molecule has 7 heteroatoms. The Balaban J connectivity index is 2.48. The van der Waals surface area contributed by atoms with Crippen LogP contribution in [0.15, 0.2) is 29.2 Å². The lowest BCUT2D eigenvalue weighted by Gasteiger charge is -2.13. The monoisotopic (exact) mass is 303 g/mol. The first-order chi connectivity index (χ1) is 9.08. The molecule has 5 nitrogen and oxygen atoms in total. The Morgan fingerprint density at radius 2 is 2.16 bits per heavy atom. The fourth-order valence-electron chi connectivity index (χ4n) is 1.26. The second-order valence-corrected chi connectivity index (χ2v) is 4.97. The molecule has 0 fully saturated rings. The fourth-order valence-corrected chi connectivity index (χ4v) is 2.31. The predicted molar refractivity (Wildman–Crippen MR) is 73.2 cm³/mol. The van der Waals surface area contributed by atoms with Crippen molar-refractivity contribution in [3.63, 3.8) is 0 Å². The van der Waals surface area contributed by atoms with E-state index in [0.29, 0.717) is 5.02 Å². The molecule has 0 aliphatic rings. The average molecular weight is 304 g/mol. The summed E-state index contributed by atoms with van der Waals surface area (Å²) in [7, 11) is 1.19. The average Bonchev–Trinajstić information content (AvgIpc) is 2.43. The van der Waals surface area contributed by atoms with E-state index in [1.165, 1.54) is 18.9 Å². The highest BCUT2D eigenvalue weighted by Crippen LogP contribution is 2.26. The highest BCUT2D eigenvalue weighted by Gasteiger charge is 2.20. The van der Waals surface area contributed by atoms with Crippen molar-refractivity contribution in [3.05, 3.63) is 29.3 Å². The maximum Gasteiger partial charge on any atom is 0.330 e. The topological polar surface area (TPSA) is 75.6 Å². The van der Waals surface area contributed by atoms with Gasteiger partial charge in [0.1, 0.15) is 0 Å². The van der Waals surface area contributed by atoms with Crippen molar-refractivity contribution in [3.8, 4) is 0 Å². The molecule has 0 spiro atoms. The fraction of sp³-hybridized carbons (Fsp3) is 0.333. The maximum atomic E-state index is 11.6. The highest BCUT2D eigenvalue weighted by atomic mass is 35.5. The summed E-state index contributed by atoms with van der Waals surface area (Å²) in [4.78, 5) is 23.6. The number of nitrogens with one attached hydrogen (secondary N) is 1. The SMILES string of the molecule is COC(=O)C(CO)NC(=O)CSc1ccccc1Cl. The zero-order chi connectivity index (χ0) is 14.3. The van der Waals surface area contributed by atoms with E-state index in [-0.39, 0.29) is 11.7 Å². The van der Waals surface area contributed by atoms with Gasteiger partial charge in [-0.25, -0.2) is 4.79 Å². The van der Waals surface area contributed by atoms with Gasteiger partial charge in [0.15, 0.2) is 6.04 Å². The lowest BCUT2D eigenvalue weighted by molar-refractivity contribution is -0.145. The normalized spacial score (nSPS) is 11.7. The summed E-state index contributed by atoms with van der Waals surface area (Å²) in [6.45, 7) is -0.505. The Morgan fingerprint density at radius 3 is 2.74 bits per heavy atom. The van der Waals surface area contributed by atoms with Crippen LogP contribution in [-0.2, 0) is 14.3 Å². The predicted octanol–water partition coefficient (Wildman–Crippen LogP) is 1.08. The molecule has 2 N–H and O–H groups in total. The zero-order valence-corrected chi connectivity index (χ0v) is 11.8. The van der Waals surface area contributed by atoms with Crippen LogP contribution >= 0.6 is 23.4 Å². The zero-order valence-electron chi connectivity index (χ0n) is 10.3. The van der Waals surface area contributed by atoms with E-state index in [4.69, 9.17) is 16.7 Å². The molecule has 0 saturated carbocycles. The minimum atomic E-state index is -1.04. The van der Waals surface area contributed by atoms with E-state index < -0.39 is 18.6 Å². The number of hydrogen-bond donors (Lipinski definition) is 2. The Kier molecular flexibility index (Phi) is 6.69. The number of benzene rings is 1. The van der Waals surface area contributed by atoms with Crippen LogP contribution in [0, 0.1) is 0 Å². The molecule has 1 atom stereocenters. The van der Waals surface area contributed by atoms with Gasteiger partial charge in [-0.05, 0) is 12.1 Å². The number of esters is 1. The lowest BCUT2D eigenvalue weighted by Crippen LogP contribution is -2.44. The second-order valence-electron chi connectivity index (χ2n) is 3.54. The number of halogens is 1. The number of methoxy groups -OCH3 is 1. The largest absolute Gasteiger partial charge is 0.467 e. The molecule has 1 rings (SSSR count).